The molecule has 149 heavy (non-hydrogen) atoms. The van der Waals surface area contributed by atoms with Crippen molar-refractivity contribution in [3.8, 4) is 0 Å². The molecule has 59 nitrogen and oxygen atoms in total. The Hall–Kier alpha value is -14.9. The van der Waals surface area contributed by atoms with Gasteiger partial charge in [-0.3, -0.25) is 120 Å². The van der Waals surface area contributed by atoms with E-state index >= 15 is 38.4 Å². The summed E-state index contributed by atoms with van der Waals surface area (Å²) in [6.45, 7) is 7.36. The second-order valence-electron chi connectivity index (χ2n) is 38.2. The quantitative estimate of drug-likeness (QED) is 0.0153. The van der Waals surface area contributed by atoms with Crippen molar-refractivity contribution in [2.45, 2.75) is 317 Å². The fraction of sp³-hybridized carbons (Fsp3) is 0.722. The van der Waals surface area contributed by atoms with Crippen molar-refractivity contribution in [3.05, 3.63) is 0 Å². The van der Waals surface area contributed by atoms with Crippen molar-refractivity contribution in [3.63, 3.8) is 0 Å². The van der Waals surface area contributed by atoms with Crippen LogP contribution in [0.5, 0.6) is 0 Å². The Balaban J connectivity index is 1.39. The van der Waals surface area contributed by atoms with Gasteiger partial charge >= 0.3 is 11.9 Å². The van der Waals surface area contributed by atoms with Crippen LogP contribution in [0.1, 0.15) is 220 Å². The molecule has 0 radical (unpaired) electrons. The Morgan fingerprint density at radius 3 is 0.785 bits per heavy atom. The van der Waals surface area contributed by atoms with Crippen LogP contribution in [0.25, 0.3) is 0 Å². The molecule has 0 aromatic rings. The van der Waals surface area contributed by atoms with Gasteiger partial charge in [-0.1, -0.05) is 34.1 Å². The number of carboxylic acids is 2. The van der Waals surface area contributed by atoms with E-state index in [2.05, 4.69) is 95.7 Å². The van der Waals surface area contributed by atoms with Crippen LogP contribution in [0.3, 0.4) is 0 Å². The van der Waals surface area contributed by atoms with E-state index in [1.165, 1.54) is 19.6 Å². The van der Waals surface area contributed by atoms with Crippen molar-refractivity contribution in [1.82, 2.24) is 120 Å². The molecule has 836 valence electrons. The fourth-order valence-electron chi connectivity index (χ4n) is 18.3. The van der Waals surface area contributed by atoms with E-state index in [-0.39, 0.29) is 275 Å². The molecule has 5 heterocycles. The van der Waals surface area contributed by atoms with Gasteiger partial charge in [-0.25, -0.2) is 4.79 Å². The number of likely N-dealkylation sites (tertiary alicyclic amines) is 5. The molecule has 0 aromatic heterocycles. The molecule has 0 unspecified atom stereocenters. The van der Waals surface area contributed by atoms with Crippen molar-refractivity contribution in [2.24, 2.45) is 63.4 Å². The van der Waals surface area contributed by atoms with Crippen molar-refractivity contribution in [2.75, 3.05) is 85.1 Å². The smallest absolute Gasteiger partial charge is 0.326 e. The van der Waals surface area contributed by atoms with Crippen LogP contribution in [0, 0.1) is 55.1 Å². The van der Waals surface area contributed by atoms with Gasteiger partial charge in [0.05, 0.1) is 6.04 Å². The Kier molecular flexibility index (Phi) is 53.7. The highest BCUT2D eigenvalue weighted by Gasteiger charge is 2.48. The van der Waals surface area contributed by atoms with E-state index in [1.807, 2.05) is 0 Å². The van der Waals surface area contributed by atoms with E-state index in [0.717, 1.165) is 4.90 Å². The Bertz CT molecular complexity index is 4650. The highest BCUT2D eigenvalue weighted by atomic mass is 16.4. The average molecular weight is 2110 g/mol. The van der Waals surface area contributed by atoms with Crippen LogP contribution in [0.15, 0.2) is 0 Å². The average Bonchev–Trinajstić information content (AvgIpc) is 1.58. The summed E-state index contributed by atoms with van der Waals surface area (Å²) in [4.78, 5) is 253. The number of carbonyl (C=O) groups is 17. The number of carbonyl (C=O) groups excluding carboxylic acids is 15. The van der Waals surface area contributed by atoms with Crippen molar-refractivity contribution < 1.29 is 91.7 Å². The molecule has 15 amide bonds. The maximum absolute atomic E-state index is 15.3. The van der Waals surface area contributed by atoms with Gasteiger partial charge in [0.2, 0.25) is 88.6 Å². The lowest BCUT2D eigenvalue weighted by molar-refractivity contribution is -0.146. The van der Waals surface area contributed by atoms with Gasteiger partial charge in [0.25, 0.3) is 0 Å². The van der Waals surface area contributed by atoms with Gasteiger partial charge in [0.1, 0.15) is 90.6 Å². The molecule has 5 saturated heterocycles. The van der Waals surface area contributed by atoms with Gasteiger partial charge in [0.15, 0.2) is 47.7 Å². The predicted molar refractivity (Wildman–Crippen MR) is 548 cm³/mol. The molecule has 0 spiro atoms. The molecule has 0 aromatic carbocycles. The number of amides is 15. The fourth-order valence-corrected chi connectivity index (χ4v) is 18.3. The normalized spacial score (nSPS) is 18.6. The van der Waals surface area contributed by atoms with Gasteiger partial charge in [-0.05, 0) is 192 Å². The molecular weight excluding hydrogens is 1950 g/mol. The molecule has 5 aliphatic heterocycles. The van der Waals surface area contributed by atoms with Crippen LogP contribution in [0.2, 0.25) is 0 Å². The monoisotopic (exact) mass is 2110 g/mol. The van der Waals surface area contributed by atoms with Crippen molar-refractivity contribution in [1.29, 1.82) is 43.3 Å². The Labute approximate surface area is 865 Å². The minimum atomic E-state index is -1.73. The zero-order valence-electron chi connectivity index (χ0n) is 85.6. The lowest BCUT2D eigenvalue weighted by Crippen LogP contribution is -2.61. The summed E-state index contributed by atoms with van der Waals surface area (Å²) >= 11 is 0. The lowest BCUT2D eigenvalue weighted by atomic mass is 9.96. The number of nitrogens with zero attached hydrogens (tertiary/aromatic N) is 5. The second-order valence-corrected chi connectivity index (χ2v) is 38.2. The second kappa shape index (κ2) is 64.3. The van der Waals surface area contributed by atoms with E-state index in [4.69, 9.17) is 94.9 Å². The minimum absolute atomic E-state index is 0.00165. The first kappa shape index (κ1) is 125. The molecule has 46 N–H and O–H groups in total. The lowest BCUT2D eigenvalue weighted by Gasteiger charge is -2.33. The Morgan fingerprint density at radius 1 is 0.289 bits per heavy atom. The number of aliphatic carboxylic acids is 2. The highest BCUT2D eigenvalue weighted by molar-refractivity contribution is 6.02. The molecule has 0 bridgehead atoms. The summed E-state index contributed by atoms with van der Waals surface area (Å²) in [5.74, 6) is -19.0. The number of carboxylic acid groups (broad SMARTS) is 2. The summed E-state index contributed by atoms with van der Waals surface area (Å²) in [5, 5.41) is 130. The van der Waals surface area contributed by atoms with Gasteiger partial charge in [-0.15, -0.1) is 0 Å². The Morgan fingerprint density at radius 2 is 0.510 bits per heavy atom. The summed E-state index contributed by atoms with van der Waals surface area (Å²) in [5.41, 5.74) is 50.5. The van der Waals surface area contributed by atoms with Crippen LogP contribution >= 0.6 is 0 Å². The van der Waals surface area contributed by atoms with Gasteiger partial charge in [0, 0.05) is 91.5 Å². The SMILES string of the molecule is CC[C@H](C)[C@H](NC(=O)[C@H](CCCNC(=N)N)NC(=O)[C@@H](N)CCCNC(=N)N)C(=O)N[C@@H](CCCNC(=N)N)C(=O)N1CCC[C@H]1C(=O)N[C@@H](CCCNC(=N)N)C(=O)N[C@@H](CCC(=O)O)C(=O)N1CCC[C@H]1C(=O)N[C@@H](CCCNC(=N)N)C(=O)N[C@@H](CC(C)C)C(=O)N1CCC[C@H]1C(=O)N[C@@H](CCCNC(=N)N)C(=O)N1CCC[C@H]1C(=O)N[C@@H](CCCNC(=N)N)C(=O)N1CCC[C@H]1C(=O)N[C@@H](CCCNC(=N)N)C(=O)O. The first-order valence-electron chi connectivity index (χ1n) is 51.0. The van der Waals surface area contributed by atoms with Crippen LogP contribution in [0.4, 0.5) is 0 Å². The van der Waals surface area contributed by atoms with E-state index < -0.39 is 240 Å². The minimum Gasteiger partial charge on any atom is -0.481 e. The van der Waals surface area contributed by atoms with Gasteiger partial charge in [-0.2, -0.15) is 0 Å². The first-order chi connectivity index (χ1) is 70.5. The maximum atomic E-state index is 15.3. The maximum Gasteiger partial charge on any atom is 0.326 e. The number of rotatable bonds is 65. The topological polar surface area (TPSA) is 988 Å². The number of hydrogen-bond donors (Lipinski definition) is 37. The molecule has 5 rings (SSSR count). The zero-order chi connectivity index (χ0) is 111. The molecule has 59 heteroatoms. The van der Waals surface area contributed by atoms with Gasteiger partial charge < -0.3 is 182 Å². The highest BCUT2D eigenvalue weighted by Crippen LogP contribution is 2.29. The zero-order valence-corrected chi connectivity index (χ0v) is 85.6. The van der Waals surface area contributed by atoms with Crippen LogP contribution in [-0.2, 0) is 81.5 Å². The number of hydrogen-bond acceptors (Lipinski definition) is 26. The van der Waals surface area contributed by atoms with Crippen molar-refractivity contribution >= 4 is 148 Å². The third kappa shape index (κ3) is 43.2. The standard InChI is InChI=1S/C90H162N40O19/c1-5-49(4)66(125-70(136)53(22-9-37-111-86(98)99)116-67(133)50(91)19-6-34-108-83(92)93)76(142)122-56(25-12-40-114-89(104)105)79(145)126-42-14-27-60(126)71(137)117-51(20-7-35-109-84(94)95)68(134)119-57(32-33-65(131)132)80(146)129-45-15-28-61(129)72(138)118-52(21-8-36-110-85(96)97)69(135)124-59(47-48(2)3)81(147)130-46-18-30-63(130)74(140)121-54(23-10-38-112-87(100)101)77(143)127-43-16-29-62(127)73(139)120-55(24-11-39-113-88(102)103)78(144)128-44-17-31-64(128)75(141)123-58(82(148)149)26-13-41-115-90(106)107/h48-64,66H,5-47,91H2,1-4H3,(H,116,133)(H,117,137)(H,118,138)(H,119,134)(H,120,139)(H,121,140)(H,122,142)(H,123,141)(H,124,135)(H,125,136)(H,131,132)(H,148,149)(H4,92,93,108)(H4,94,95,109)(H4,96,97,110)(H4,98,99,111)(H4,100,101,112)(H4,102,103,113)(H4,104,105,114)(H4,106,107,115)/t49-,50-,51-,52-,53-,54-,55-,56-,57-,58-,59-,60-,61-,62-,63-,64-,66-/m0/s1. The summed E-state index contributed by atoms with van der Waals surface area (Å²) < 4.78 is 0. The first-order valence-corrected chi connectivity index (χ1v) is 51.0. The molecule has 0 saturated carbocycles. The summed E-state index contributed by atoms with van der Waals surface area (Å²) in [6.07, 6.45) is 0.893. The third-order valence-corrected chi connectivity index (χ3v) is 26.2. The molecule has 5 aliphatic rings. The van der Waals surface area contributed by atoms with Crippen LogP contribution < -0.4 is 147 Å². The number of nitrogens with one attached hydrogen (secondary N) is 26. The molecule has 17 atom stereocenters. The van der Waals surface area contributed by atoms with E-state index in [1.54, 1.807) is 27.7 Å². The largest absolute Gasteiger partial charge is 0.481 e. The van der Waals surface area contributed by atoms with Crippen LogP contribution in [-0.4, -0.2) is 365 Å². The molecular formula is C90H162N40O19. The summed E-state index contributed by atoms with van der Waals surface area (Å²) in [7, 11) is 0. The molecule has 0 aliphatic carbocycles. The molecule has 5 fully saturated rings. The predicted octanol–water partition coefficient (Wildman–Crippen LogP) is -9.74. The van der Waals surface area contributed by atoms with E-state index in [0.29, 0.717) is 19.3 Å². The summed E-state index contributed by atoms with van der Waals surface area (Å²) in [6, 6.07) is -21.9. The van der Waals surface area contributed by atoms with E-state index in [9.17, 15) is 53.4 Å². The number of guanidine groups is 8. The third-order valence-electron chi connectivity index (χ3n) is 26.2. The number of nitrogens with two attached hydrogens (primary N) is 9.